The summed E-state index contributed by atoms with van der Waals surface area (Å²) in [7, 11) is 0. The number of thiazole rings is 1. The maximum atomic E-state index is 9.22. The number of aliphatic hydroxyl groups is 1. The second-order valence-electron chi connectivity index (χ2n) is 4.48. The predicted octanol–water partition coefficient (Wildman–Crippen LogP) is 3.33. The zero-order chi connectivity index (χ0) is 16.4. The summed E-state index contributed by atoms with van der Waals surface area (Å²) < 4.78 is 5.50. The Kier molecular flexibility index (Phi) is 5.49. The van der Waals surface area contributed by atoms with Crippen molar-refractivity contribution in [3.8, 4) is 0 Å². The van der Waals surface area contributed by atoms with E-state index in [1.807, 2.05) is 6.92 Å². The second-order valence-corrected chi connectivity index (χ2v) is 8.36. The van der Waals surface area contributed by atoms with Gasteiger partial charge in [0.1, 0.15) is 14.7 Å². The minimum Gasteiger partial charge on any atom is -0.394 e. The molecule has 0 bridgehead atoms. The summed E-state index contributed by atoms with van der Waals surface area (Å²) in [5.41, 5.74) is 1.22. The normalized spacial score (nSPS) is 12.7. The standard InChI is InChI=1S/C11H10Cl2N6OS3/c1-4(2-20)14-8-6-9(15-10(13)22-6)17-11(16-8)21-3-5-7(12)23-19-18-5/h4,20H,2-3H2,1H3,(H,14,16,17)/t4-/m1/s1. The molecule has 0 saturated carbocycles. The lowest BCUT2D eigenvalue weighted by molar-refractivity contribution is 0.281. The van der Waals surface area contributed by atoms with Crippen molar-refractivity contribution in [1.29, 1.82) is 0 Å². The molecule has 0 fully saturated rings. The molecule has 3 heterocycles. The van der Waals surface area contributed by atoms with Crippen molar-refractivity contribution in [3.63, 3.8) is 0 Å². The summed E-state index contributed by atoms with van der Waals surface area (Å²) in [6.07, 6.45) is 0. The van der Waals surface area contributed by atoms with Gasteiger partial charge in [0.2, 0.25) is 0 Å². The summed E-state index contributed by atoms with van der Waals surface area (Å²) >= 11 is 15.8. The van der Waals surface area contributed by atoms with Gasteiger partial charge in [-0.2, -0.15) is 0 Å². The molecule has 1 atom stereocenters. The SMILES string of the molecule is C[C@H](CO)Nc1nc(SCc2nnsc2Cl)nc2nc(Cl)sc12. The predicted molar refractivity (Wildman–Crippen MR) is 94.9 cm³/mol. The first-order valence-corrected chi connectivity index (χ1v) is 9.71. The highest BCUT2D eigenvalue weighted by Crippen LogP contribution is 2.33. The average molecular weight is 409 g/mol. The van der Waals surface area contributed by atoms with E-state index in [0.717, 1.165) is 16.2 Å². The number of thioether (sulfide) groups is 1. The largest absolute Gasteiger partial charge is 0.394 e. The molecule has 0 aliphatic carbocycles. The second kappa shape index (κ2) is 7.41. The van der Waals surface area contributed by atoms with Crippen LogP contribution < -0.4 is 5.32 Å². The first kappa shape index (κ1) is 17.1. The lowest BCUT2D eigenvalue weighted by Gasteiger charge is -2.12. The van der Waals surface area contributed by atoms with Crippen molar-refractivity contribution in [2.75, 3.05) is 11.9 Å². The van der Waals surface area contributed by atoms with Crippen LogP contribution in [0, 0.1) is 0 Å². The maximum absolute atomic E-state index is 9.22. The van der Waals surface area contributed by atoms with Crippen molar-refractivity contribution in [2.45, 2.75) is 23.9 Å². The fourth-order valence-electron chi connectivity index (χ4n) is 1.64. The summed E-state index contributed by atoms with van der Waals surface area (Å²) in [6, 6.07) is -0.149. The van der Waals surface area contributed by atoms with E-state index in [-0.39, 0.29) is 12.6 Å². The number of aliphatic hydroxyl groups excluding tert-OH is 1. The van der Waals surface area contributed by atoms with Crippen LogP contribution in [0.2, 0.25) is 8.80 Å². The third-order valence-electron chi connectivity index (χ3n) is 2.71. The molecule has 0 saturated heterocycles. The Balaban J connectivity index is 1.89. The summed E-state index contributed by atoms with van der Waals surface area (Å²) in [4.78, 5) is 13.1. The highest BCUT2D eigenvalue weighted by Gasteiger charge is 2.15. The van der Waals surface area contributed by atoms with E-state index in [2.05, 4.69) is 29.9 Å². The van der Waals surface area contributed by atoms with Crippen LogP contribution in [-0.2, 0) is 5.75 Å². The van der Waals surface area contributed by atoms with Gasteiger partial charge in [-0.3, -0.25) is 0 Å². The summed E-state index contributed by atoms with van der Waals surface area (Å²) in [6.45, 7) is 1.84. The van der Waals surface area contributed by atoms with Crippen LogP contribution >= 0.6 is 57.8 Å². The molecule has 3 rings (SSSR count). The van der Waals surface area contributed by atoms with Gasteiger partial charge in [-0.05, 0) is 6.92 Å². The molecule has 0 aliphatic heterocycles. The van der Waals surface area contributed by atoms with Gasteiger partial charge in [-0.15, -0.1) is 5.10 Å². The van der Waals surface area contributed by atoms with Gasteiger partial charge in [0.25, 0.3) is 0 Å². The van der Waals surface area contributed by atoms with Crippen molar-refractivity contribution < 1.29 is 5.11 Å². The van der Waals surface area contributed by atoms with E-state index < -0.39 is 0 Å². The highest BCUT2D eigenvalue weighted by molar-refractivity contribution is 7.98. The molecule has 0 aromatic carbocycles. The molecular weight excluding hydrogens is 399 g/mol. The van der Waals surface area contributed by atoms with Gasteiger partial charge in [-0.25, -0.2) is 15.0 Å². The molecule has 3 aromatic rings. The number of hydrogen-bond acceptors (Lipinski definition) is 10. The van der Waals surface area contributed by atoms with Gasteiger partial charge in [0.15, 0.2) is 21.1 Å². The highest BCUT2D eigenvalue weighted by atomic mass is 35.5. The van der Waals surface area contributed by atoms with Crippen LogP contribution in [0.4, 0.5) is 5.82 Å². The van der Waals surface area contributed by atoms with E-state index in [4.69, 9.17) is 23.2 Å². The Labute approximate surface area is 153 Å². The maximum Gasteiger partial charge on any atom is 0.192 e. The molecule has 7 nitrogen and oxygen atoms in total. The number of rotatable bonds is 6. The number of hydrogen-bond donors (Lipinski definition) is 2. The average Bonchev–Trinajstić information content (AvgIpc) is 3.10. The number of fused-ring (bicyclic) bond motifs is 1. The number of anilines is 1. The van der Waals surface area contributed by atoms with E-state index in [0.29, 0.717) is 36.9 Å². The van der Waals surface area contributed by atoms with Crippen molar-refractivity contribution in [3.05, 3.63) is 14.5 Å². The minimum atomic E-state index is -0.149. The Hall–Kier alpha value is -0.780. The zero-order valence-corrected chi connectivity index (χ0v) is 15.6. The Morgan fingerprint density at radius 2 is 2.13 bits per heavy atom. The van der Waals surface area contributed by atoms with E-state index in [9.17, 15) is 5.11 Å². The monoisotopic (exact) mass is 408 g/mol. The molecule has 0 unspecified atom stereocenters. The van der Waals surface area contributed by atoms with Crippen LogP contribution in [0.25, 0.3) is 10.3 Å². The van der Waals surface area contributed by atoms with Crippen molar-refractivity contribution >= 4 is 74.0 Å². The molecule has 12 heteroatoms. The zero-order valence-electron chi connectivity index (χ0n) is 11.7. The Morgan fingerprint density at radius 1 is 1.30 bits per heavy atom. The topological polar surface area (TPSA) is 96.7 Å². The van der Waals surface area contributed by atoms with Gasteiger partial charge in [-0.1, -0.05) is 50.8 Å². The fraction of sp³-hybridized carbons (Fsp3) is 0.364. The van der Waals surface area contributed by atoms with Crippen LogP contribution in [0.15, 0.2) is 5.16 Å². The quantitative estimate of drug-likeness (QED) is 0.473. The first-order valence-electron chi connectivity index (χ1n) is 6.38. The Bertz CT molecular complexity index is 825. The van der Waals surface area contributed by atoms with Gasteiger partial charge in [0, 0.05) is 23.3 Å². The molecule has 2 N–H and O–H groups in total. The van der Waals surface area contributed by atoms with E-state index in [1.54, 1.807) is 0 Å². The lowest BCUT2D eigenvalue weighted by Crippen LogP contribution is -2.20. The number of nitrogens with zero attached hydrogens (tertiary/aromatic N) is 5. The molecular formula is C11H10Cl2N6OS3. The smallest absolute Gasteiger partial charge is 0.192 e. The van der Waals surface area contributed by atoms with Gasteiger partial charge < -0.3 is 10.4 Å². The van der Waals surface area contributed by atoms with E-state index >= 15 is 0 Å². The van der Waals surface area contributed by atoms with Crippen molar-refractivity contribution in [2.24, 2.45) is 0 Å². The molecule has 0 spiro atoms. The van der Waals surface area contributed by atoms with Crippen LogP contribution in [0.3, 0.4) is 0 Å². The van der Waals surface area contributed by atoms with Gasteiger partial charge in [0.05, 0.1) is 6.61 Å². The molecule has 0 radical (unpaired) electrons. The Morgan fingerprint density at radius 3 is 2.83 bits per heavy atom. The summed E-state index contributed by atoms with van der Waals surface area (Å²) in [5.74, 6) is 1.11. The van der Waals surface area contributed by atoms with Crippen LogP contribution in [0.5, 0.6) is 0 Å². The number of halogens is 2. The summed E-state index contributed by atoms with van der Waals surface area (Å²) in [5, 5.41) is 16.8. The third-order valence-corrected chi connectivity index (χ3v) is 5.71. The van der Waals surface area contributed by atoms with Crippen LogP contribution in [-0.4, -0.2) is 42.3 Å². The van der Waals surface area contributed by atoms with Gasteiger partial charge >= 0.3 is 0 Å². The van der Waals surface area contributed by atoms with E-state index in [1.165, 1.54) is 23.1 Å². The first-order chi connectivity index (χ1) is 11.1. The number of aromatic nitrogens is 5. The number of nitrogens with one attached hydrogen (secondary N) is 1. The molecule has 0 aliphatic rings. The lowest BCUT2D eigenvalue weighted by atomic mass is 10.3. The molecule has 122 valence electrons. The minimum absolute atomic E-state index is 0.0133. The van der Waals surface area contributed by atoms with Crippen LogP contribution in [0.1, 0.15) is 12.6 Å². The molecule has 3 aromatic heterocycles. The molecule has 0 amide bonds. The fourth-order valence-corrected chi connectivity index (χ4v) is 4.20. The molecule has 23 heavy (non-hydrogen) atoms. The third kappa shape index (κ3) is 4.01. The van der Waals surface area contributed by atoms with Crippen molar-refractivity contribution in [1.82, 2.24) is 24.5 Å².